The van der Waals surface area contributed by atoms with Crippen LogP contribution in [0.1, 0.15) is 89.8 Å². The van der Waals surface area contributed by atoms with Gasteiger partial charge in [-0.25, -0.2) is 0 Å². The Labute approximate surface area is 332 Å². The predicted molar refractivity (Wildman–Crippen MR) is 215 cm³/mol. The van der Waals surface area contributed by atoms with Gasteiger partial charge in [-0.3, -0.25) is 0 Å². The Morgan fingerprint density at radius 1 is 0.679 bits per heavy atom. The molecule has 4 aliphatic rings. The van der Waals surface area contributed by atoms with Gasteiger partial charge in [0.2, 0.25) is 0 Å². The number of ether oxygens (including phenoxy) is 7. The van der Waals surface area contributed by atoms with Gasteiger partial charge >= 0.3 is 0 Å². The Morgan fingerprint density at radius 2 is 1.36 bits per heavy atom. The van der Waals surface area contributed by atoms with Crippen molar-refractivity contribution < 1.29 is 38.0 Å². The van der Waals surface area contributed by atoms with E-state index in [0.29, 0.717) is 45.7 Å². The zero-order chi connectivity index (χ0) is 39.0. The third-order valence-electron chi connectivity index (χ3n) is 13.2. The lowest BCUT2D eigenvalue weighted by atomic mass is 9.73. The quantitative estimate of drug-likeness (QED) is 0.132. The molecule has 0 saturated carbocycles. The average molecular weight is 763 g/mol. The van der Waals surface area contributed by atoms with Crippen LogP contribution in [0.4, 0.5) is 0 Å². The van der Waals surface area contributed by atoms with Gasteiger partial charge in [0.05, 0.1) is 73.2 Å². The zero-order valence-corrected chi connectivity index (χ0v) is 33.6. The van der Waals surface area contributed by atoms with Crippen LogP contribution >= 0.6 is 0 Å². The van der Waals surface area contributed by atoms with Crippen LogP contribution < -0.4 is 0 Å². The van der Waals surface area contributed by atoms with Gasteiger partial charge in [-0.15, -0.1) is 0 Å². The molecule has 4 aromatic carbocycles. The number of carbonyl (C=O) groups excluding carboxylic acids is 1. The van der Waals surface area contributed by atoms with Gasteiger partial charge in [-0.05, 0) is 93.8 Å². The molecule has 0 aromatic heterocycles. The Bertz CT molecular complexity index is 1960. The summed E-state index contributed by atoms with van der Waals surface area (Å²) >= 11 is 0. The van der Waals surface area contributed by atoms with E-state index in [4.69, 9.17) is 33.2 Å². The first kappa shape index (κ1) is 39.4. The summed E-state index contributed by atoms with van der Waals surface area (Å²) in [6.07, 6.45) is 3.49. The van der Waals surface area contributed by atoms with Crippen molar-refractivity contribution in [3.63, 3.8) is 0 Å². The molecule has 0 amide bonds. The highest BCUT2D eigenvalue weighted by molar-refractivity contribution is 5.82. The molecule has 8 rings (SSSR count). The van der Waals surface area contributed by atoms with Gasteiger partial charge in [0.15, 0.2) is 6.29 Å². The molecule has 298 valence electrons. The Balaban J connectivity index is 0.972. The molecule has 10 unspecified atom stereocenters. The molecule has 8 heteroatoms. The summed E-state index contributed by atoms with van der Waals surface area (Å²) in [4.78, 5) is 12.7. The lowest BCUT2D eigenvalue weighted by Gasteiger charge is -2.59. The van der Waals surface area contributed by atoms with Crippen LogP contribution in [0.25, 0.3) is 10.8 Å². The van der Waals surface area contributed by atoms with Crippen LogP contribution in [0.2, 0.25) is 0 Å². The molecule has 4 heterocycles. The molecular formula is C48H58O8. The fourth-order valence-electron chi connectivity index (χ4n) is 9.75. The van der Waals surface area contributed by atoms with E-state index < -0.39 is 34.1 Å². The second-order valence-electron chi connectivity index (χ2n) is 17.8. The number of hydrogen-bond donors (Lipinski definition) is 0. The Morgan fingerprint density at radius 3 is 2.09 bits per heavy atom. The van der Waals surface area contributed by atoms with Gasteiger partial charge in [0.25, 0.3) is 0 Å². The number of aldehydes is 1. The summed E-state index contributed by atoms with van der Waals surface area (Å²) < 4.78 is 48.1. The lowest BCUT2D eigenvalue weighted by molar-refractivity contribution is -0.351. The SMILES string of the molecule is CC1(C(C=O)OCc2ccc3ccccc3c2)CCC2OC3CC4(C)OC(C)(COCc5ccccc5)C(OCc5ccccc5)CC4OC3(C)CCC2(C)O1. The first-order valence-electron chi connectivity index (χ1n) is 20.5. The molecule has 8 nitrogen and oxygen atoms in total. The second kappa shape index (κ2) is 15.7. The van der Waals surface area contributed by atoms with Gasteiger partial charge in [-0.2, -0.15) is 0 Å². The molecule has 4 aromatic rings. The summed E-state index contributed by atoms with van der Waals surface area (Å²) in [5.41, 5.74) is -0.118. The minimum absolute atomic E-state index is 0.176. The number of hydrogen-bond acceptors (Lipinski definition) is 8. The molecule has 0 spiro atoms. The molecule has 4 fully saturated rings. The lowest BCUT2D eigenvalue weighted by Crippen LogP contribution is -2.69. The van der Waals surface area contributed by atoms with Crippen LogP contribution in [0, 0.1) is 0 Å². The summed E-state index contributed by atoms with van der Waals surface area (Å²) in [6, 6.07) is 35.0. The van der Waals surface area contributed by atoms with Crippen molar-refractivity contribution in [3.8, 4) is 0 Å². The fourth-order valence-corrected chi connectivity index (χ4v) is 9.75. The predicted octanol–water partition coefficient (Wildman–Crippen LogP) is 9.09. The van der Waals surface area contributed by atoms with Crippen molar-refractivity contribution in [1.82, 2.24) is 0 Å². The molecular weight excluding hydrogens is 705 g/mol. The van der Waals surface area contributed by atoms with Gasteiger partial charge in [-0.1, -0.05) is 97.1 Å². The van der Waals surface area contributed by atoms with E-state index in [0.717, 1.165) is 47.6 Å². The molecule has 0 N–H and O–H groups in total. The van der Waals surface area contributed by atoms with Crippen molar-refractivity contribution in [2.24, 2.45) is 0 Å². The molecule has 0 bridgehead atoms. The minimum Gasteiger partial charge on any atom is -0.374 e. The highest BCUT2D eigenvalue weighted by atomic mass is 16.6. The third kappa shape index (κ3) is 7.99. The van der Waals surface area contributed by atoms with E-state index in [1.165, 1.54) is 5.39 Å². The van der Waals surface area contributed by atoms with Crippen molar-refractivity contribution in [2.45, 2.75) is 151 Å². The van der Waals surface area contributed by atoms with Crippen molar-refractivity contribution in [3.05, 3.63) is 120 Å². The normalized spacial score (nSPS) is 36.1. The summed E-state index contributed by atoms with van der Waals surface area (Å²) in [5.74, 6) is 0. The molecule has 0 radical (unpaired) electrons. The molecule has 56 heavy (non-hydrogen) atoms. The zero-order valence-electron chi connectivity index (χ0n) is 33.6. The largest absolute Gasteiger partial charge is 0.374 e. The number of rotatable bonds is 12. The molecule has 10 atom stereocenters. The topological polar surface area (TPSA) is 81.7 Å². The molecule has 0 aliphatic carbocycles. The summed E-state index contributed by atoms with van der Waals surface area (Å²) in [7, 11) is 0. The van der Waals surface area contributed by atoms with Crippen LogP contribution in [0.15, 0.2) is 103 Å². The van der Waals surface area contributed by atoms with Crippen LogP contribution in [0.5, 0.6) is 0 Å². The second-order valence-corrected chi connectivity index (χ2v) is 17.8. The number of fused-ring (bicyclic) bond motifs is 4. The Hall–Kier alpha value is -3.47. The Kier molecular flexibility index (Phi) is 11.0. The number of benzene rings is 4. The van der Waals surface area contributed by atoms with Crippen LogP contribution in [-0.4, -0.2) is 71.4 Å². The molecule has 4 aliphatic heterocycles. The van der Waals surface area contributed by atoms with E-state index in [1.54, 1.807) is 0 Å². The van der Waals surface area contributed by atoms with E-state index >= 15 is 0 Å². The van der Waals surface area contributed by atoms with Gasteiger partial charge in [0, 0.05) is 12.8 Å². The highest BCUT2D eigenvalue weighted by Gasteiger charge is 2.63. The molecule has 4 saturated heterocycles. The first-order valence-corrected chi connectivity index (χ1v) is 20.5. The van der Waals surface area contributed by atoms with Gasteiger partial charge < -0.3 is 38.0 Å². The standard InChI is InChI=1S/C48H58O8/c1-44-24-25-46(3)39(22-23-45(2,55-46)43(29-49)52-32-36-20-21-37-18-12-13-19-38(37)26-36)53-42(44)28-47(4)41(54-44)27-40(51-31-35-16-10-7-11-17-35)48(5,56-47)33-50-30-34-14-8-6-9-15-34/h6-21,26,29,39-43H,22-25,27-28,30-33H2,1-5H3. The first-order chi connectivity index (χ1) is 26.9. The number of carbonyl (C=O) groups is 1. The van der Waals surface area contributed by atoms with E-state index in [1.807, 2.05) is 55.5 Å². The maximum absolute atomic E-state index is 12.7. The summed E-state index contributed by atoms with van der Waals surface area (Å²) in [5, 5.41) is 2.32. The van der Waals surface area contributed by atoms with E-state index in [9.17, 15) is 4.79 Å². The van der Waals surface area contributed by atoms with Crippen molar-refractivity contribution >= 4 is 17.1 Å². The monoisotopic (exact) mass is 762 g/mol. The van der Waals surface area contributed by atoms with Gasteiger partial charge in [0.1, 0.15) is 11.7 Å². The minimum atomic E-state index is -0.807. The van der Waals surface area contributed by atoms with Crippen LogP contribution in [0.3, 0.4) is 0 Å². The average Bonchev–Trinajstić information content (AvgIpc) is 3.29. The van der Waals surface area contributed by atoms with Crippen molar-refractivity contribution in [2.75, 3.05) is 6.61 Å². The summed E-state index contributed by atoms with van der Waals surface area (Å²) in [6.45, 7) is 12.3. The van der Waals surface area contributed by atoms with Crippen LogP contribution in [-0.2, 0) is 57.8 Å². The van der Waals surface area contributed by atoms with Crippen molar-refractivity contribution in [1.29, 1.82) is 0 Å². The third-order valence-corrected chi connectivity index (χ3v) is 13.2. The van der Waals surface area contributed by atoms with E-state index in [-0.39, 0.29) is 24.4 Å². The highest BCUT2D eigenvalue weighted by Crippen LogP contribution is 2.54. The smallest absolute Gasteiger partial charge is 0.151 e. The van der Waals surface area contributed by atoms with E-state index in [2.05, 4.69) is 82.3 Å². The fraction of sp³-hybridized carbons (Fsp3) is 0.521. The maximum Gasteiger partial charge on any atom is 0.151 e. The maximum atomic E-state index is 12.7.